The second kappa shape index (κ2) is 9.41. The van der Waals surface area contributed by atoms with Gasteiger partial charge in [-0.05, 0) is 37.3 Å². The summed E-state index contributed by atoms with van der Waals surface area (Å²) in [5, 5.41) is 4.14. The topological polar surface area (TPSA) is 79.5 Å². The van der Waals surface area contributed by atoms with Gasteiger partial charge in [-0.3, -0.25) is 9.69 Å². The molecule has 2 aliphatic rings. The number of fused-ring (bicyclic) bond motifs is 1. The minimum Gasteiger partial charge on any atom is -0.337 e. The standard InChI is InChI=1S/C27H30N4O3/c1-3-19-12-14-21(15-13-19)25-28-24(34-29-25)17-30-23-7-5-4-6-22(23)26(32)31(27(30)33)16-20-10-8-18(2)9-11-20/h8-15,22-23H,3-7,16-17H2,1-2H3. The highest BCUT2D eigenvalue weighted by Crippen LogP contribution is 2.36. The predicted octanol–water partition coefficient (Wildman–Crippen LogP) is 5.13. The van der Waals surface area contributed by atoms with E-state index in [1.54, 1.807) is 4.90 Å². The number of carbonyl (C=O) groups excluding carboxylic acids is 2. The summed E-state index contributed by atoms with van der Waals surface area (Å²) in [4.78, 5) is 34.6. The second-order valence-corrected chi connectivity index (χ2v) is 9.34. The lowest BCUT2D eigenvalue weighted by Crippen LogP contribution is -2.61. The molecule has 0 radical (unpaired) electrons. The molecule has 7 nitrogen and oxygen atoms in total. The third-order valence-electron chi connectivity index (χ3n) is 7.05. The first kappa shape index (κ1) is 22.3. The number of imide groups is 1. The molecule has 176 valence electrons. The van der Waals surface area contributed by atoms with Crippen molar-refractivity contribution < 1.29 is 14.1 Å². The number of hydrogen-bond acceptors (Lipinski definition) is 5. The van der Waals surface area contributed by atoms with Crippen LogP contribution in [0.1, 0.15) is 55.2 Å². The summed E-state index contributed by atoms with van der Waals surface area (Å²) in [6.07, 6.45) is 4.60. The monoisotopic (exact) mass is 458 g/mol. The van der Waals surface area contributed by atoms with Crippen LogP contribution in [-0.2, 0) is 24.3 Å². The highest BCUT2D eigenvalue weighted by molar-refractivity contribution is 5.98. The molecule has 2 atom stereocenters. The molecule has 1 saturated carbocycles. The van der Waals surface area contributed by atoms with Crippen LogP contribution in [0.15, 0.2) is 53.1 Å². The highest BCUT2D eigenvalue weighted by atomic mass is 16.5. The fourth-order valence-electron chi connectivity index (χ4n) is 5.04. The molecule has 1 aliphatic heterocycles. The maximum absolute atomic E-state index is 13.6. The van der Waals surface area contributed by atoms with E-state index in [1.165, 1.54) is 10.5 Å². The Hall–Kier alpha value is -3.48. The zero-order chi connectivity index (χ0) is 23.7. The number of carbonyl (C=O) groups is 2. The van der Waals surface area contributed by atoms with E-state index in [-0.39, 0.29) is 37.0 Å². The van der Waals surface area contributed by atoms with Gasteiger partial charge in [0.1, 0.15) is 6.54 Å². The van der Waals surface area contributed by atoms with E-state index in [0.29, 0.717) is 11.7 Å². The van der Waals surface area contributed by atoms with E-state index in [9.17, 15) is 9.59 Å². The van der Waals surface area contributed by atoms with Gasteiger partial charge in [0.25, 0.3) is 0 Å². The molecule has 1 aliphatic carbocycles. The van der Waals surface area contributed by atoms with E-state index in [4.69, 9.17) is 4.52 Å². The van der Waals surface area contributed by atoms with Crippen LogP contribution in [0.3, 0.4) is 0 Å². The van der Waals surface area contributed by atoms with E-state index in [1.807, 2.05) is 43.3 Å². The van der Waals surface area contributed by atoms with E-state index in [0.717, 1.165) is 48.8 Å². The van der Waals surface area contributed by atoms with Gasteiger partial charge in [-0.25, -0.2) is 4.79 Å². The van der Waals surface area contributed by atoms with E-state index >= 15 is 0 Å². The summed E-state index contributed by atoms with van der Waals surface area (Å²) < 4.78 is 5.54. The molecule has 0 spiro atoms. The number of benzene rings is 2. The first-order chi connectivity index (χ1) is 16.5. The Morgan fingerprint density at radius 1 is 0.941 bits per heavy atom. The van der Waals surface area contributed by atoms with Crippen molar-refractivity contribution >= 4 is 11.9 Å². The lowest BCUT2D eigenvalue weighted by Gasteiger charge is -2.46. The van der Waals surface area contributed by atoms with Crippen molar-refractivity contribution in [2.75, 3.05) is 0 Å². The van der Waals surface area contributed by atoms with Crippen molar-refractivity contribution in [1.29, 1.82) is 0 Å². The van der Waals surface area contributed by atoms with Crippen molar-refractivity contribution in [3.8, 4) is 11.4 Å². The maximum Gasteiger partial charge on any atom is 0.327 e. The summed E-state index contributed by atoms with van der Waals surface area (Å²) in [6.45, 7) is 4.61. The van der Waals surface area contributed by atoms with Gasteiger partial charge in [0, 0.05) is 11.6 Å². The van der Waals surface area contributed by atoms with Gasteiger partial charge in [-0.1, -0.05) is 79.0 Å². The summed E-state index contributed by atoms with van der Waals surface area (Å²) in [7, 11) is 0. The minimum atomic E-state index is -0.277. The van der Waals surface area contributed by atoms with Crippen LogP contribution in [0, 0.1) is 12.8 Å². The van der Waals surface area contributed by atoms with Crippen LogP contribution >= 0.6 is 0 Å². The minimum absolute atomic E-state index is 0.0613. The fraction of sp³-hybridized carbons (Fsp3) is 0.407. The normalized spacial score (nSPS) is 20.5. The van der Waals surface area contributed by atoms with Crippen LogP contribution < -0.4 is 0 Å². The molecular weight excluding hydrogens is 428 g/mol. The number of nitrogens with zero attached hydrogens (tertiary/aromatic N) is 4. The Kier molecular flexibility index (Phi) is 6.18. The molecule has 1 saturated heterocycles. The van der Waals surface area contributed by atoms with Gasteiger partial charge >= 0.3 is 6.03 Å². The molecule has 34 heavy (non-hydrogen) atoms. The molecule has 2 fully saturated rings. The fourth-order valence-corrected chi connectivity index (χ4v) is 5.04. The SMILES string of the molecule is CCc1ccc(-c2noc(CN3C(=O)N(Cc4ccc(C)cc4)C(=O)C4CCCCC43)n2)cc1. The third-order valence-corrected chi connectivity index (χ3v) is 7.05. The van der Waals surface area contributed by atoms with Crippen molar-refractivity contribution in [3.05, 3.63) is 71.1 Å². The van der Waals surface area contributed by atoms with Crippen LogP contribution in [0.2, 0.25) is 0 Å². The van der Waals surface area contributed by atoms with Crippen molar-refractivity contribution in [3.63, 3.8) is 0 Å². The molecule has 5 rings (SSSR count). The Morgan fingerprint density at radius 3 is 2.38 bits per heavy atom. The number of urea groups is 1. The number of aromatic nitrogens is 2. The van der Waals surface area contributed by atoms with E-state index < -0.39 is 0 Å². The van der Waals surface area contributed by atoms with Crippen LogP contribution in [0.25, 0.3) is 11.4 Å². The van der Waals surface area contributed by atoms with Crippen LogP contribution in [0.5, 0.6) is 0 Å². The quantitative estimate of drug-likeness (QED) is 0.512. The van der Waals surface area contributed by atoms with Gasteiger partial charge in [0.05, 0.1) is 12.5 Å². The summed E-state index contributed by atoms with van der Waals surface area (Å²) in [5.74, 6) is 0.654. The lowest BCUT2D eigenvalue weighted by molar-refractivity contribution is -0.141. The number of amides is 3. The zero-order valence-electron chi connectivity index (χ0n) is 19.7. The largest absolute Gasteiger partial charge is 0.337 e. The molecule has 2 heterocycles. The average Bonchev–Trinajstić information content (AvgIpc) is 3.34. The summed E-state index contributed by atoms with van der Waals surface area (Å²) >= 11 is 0. The molecule has 7 heteroatoms. The summed E-state index contributed by atoms with van der Waals surface area (Å²) in [5.41, 5.74) is 4.21. The third kappa shape index (κ3) is 4.34. The molecule has 3 amide bonds. The Labute approximate surface area is 199 Å². The maximum atomic E-state index is 13.6. The van der Waals surface area contributed by atoms with Crippen molar-refractivity contribution in [2.45, 2.75) is 65.1 Å². The van der Waals surface area contributed by atoms with Gasteiger partial charge in [-0.15, -0.1) is 0 Å². The highest BCUT2D eigenvalue weighted by Gasteiger charge is 2.47. The first-order valence-corrected chi connectivity index (χ1v) is 12.1. The van der Waals surface area contributed by atoms with Gasteiger partial charge in [-0.2, -0.15) is 4.98 Å². The van der Waals surface area contributed by atoms with Crippen LogP contribution in [0.4, 0.5) is 4.79 Å². The van der Waals surface area contributed by atoms with Crippen molar-refractivity contribution in [1.82, 2.24) is 19.9 Å². The van der Waals surface area contributed by atoms with Crippen molar-refractivity contribution in [2.24, 2.45) is 5.92 Å². The molecule has 0 bridgehead atoms. The van der Waals surface area contributed by atoms with Gasteiger partial charge in [0.15, 0.2) is 0 Å². The molecule has 3 aromatic rings. The van der Waals surface area contributed by atoms with Gasteiger partial charge in [0.2, 0.25) is 17.6 Å². The van der Waals surface area contributed by atoms with Gasteiger partial charge < -0.3 is 9.42 Å². The molecule has 2 aromatic carbocycles. The molecule has 0 N–H and O–H groups in total. The molecular formula is C27H30N4O3. The number of aryl methyl sites for hydroxylation is 2. The Morgan fingerprint density at radius 2 is 1.65 bits per heavy atom. The first-order valence-electron chi connectivity index (χ1n) is 12.1. The summed E-state index contributed by atoms with van der Waals surface area (Å²) in [6, 6.07) is 15.6. The molecule has 1 aromatic heterocycles. The Bertz CT molecular complexity index is 1170. The lowest BCUT2D eigenvalue weighted by atomic mass is 9.81. The number of rotatable bonds is 6. The smallest absolute Gasteiger partial charge is 0.327 e. The van der Waals surface area contributed by atoms with Crippen LogP contribution in [-0.4, -0.2) is 37.9 Å². The predicted molar refractivity (Wildman–Crippen MR) is 128 cm³/mol. The zero-order valence-corrected chi connectivity index (χ0v) is 19.7. The van der Waals surface area contributed by atoms with E-state index in [2.05, 4.69) is 29.2 Å². The Balaban J connectivity index is 1.38. The number of hydrogen-bond donors (Lipinski definition) is 0. The molecule has 2 unspecified atom stereocenters. The second-order valence-electron chi connectivity index (χ2n) is 9.34. The average molecular weight is 459 g/mol.